The average Bonchev–Trinajstić information content (AvgIpc) is 3.13. The van der Waals surface area contributed by atoms with Gasteiger partial charge in [0.05, 0.1) is 12.6 Å². The van der Waals surface area contributed by atoms with Gasteiger partial charge >= 0.3 is 0 Å². The highest BCUT2D eigenvalue weighted by Gasteiger charge is 2.16. The van der Waals surface area contributed by atoms with Gasteiger partial charge in [-0.1, -0.05) is 54.1 Å². The van der Waals surface area contributed by atoms with E-state index in [1.165, 1.54) is 6.33 Å². The van der Waals surface area contributed by atoms with E-state index in [2.05, 4.69) is 15.4 Å². The number of carbonyl (C=O) groups excluding carboxylic acids is 1. The first-order valence-electron chi connectivity index (χ1n) is 7.64. The largest absolute Gasteiger partial charge is 0.345 e. The molecular formula is C18H17ClN4O. The second-order valence-electron chi connectivity index (χ2n) is 5.37. The number of rotatable bonds is 6. The summed E-state index contributed by atoms with van der Waals surface area (Å²) >= 11 is 5.97. The Morgan fingerprint density at radius 3 is 2.46 bits per heavy atom. The number of amides is 1. The quantitative estimate of drug-likeness (QED) is 0.749. The second kappa shape index (κ2) is 7.75. The molecule has 24 heavy (non-hydrogen) atoms. The maximum absolute atomic E-state index is 12.4. The van der Waals surface area contributed by atoms with Crippen LogP contribution in [0.15, 0.2) is 67.3 Å². The third-order valence-electron chi connectivity index (χ3n) is 3.68. The minimum Gasteiger partial charge on any atom is -0.345 e. The van der Waals surface area contributed by atoms with Crippen LogP contribution in [0.4, 0.5) is 0 Å². The Morgan fingerprint density at radius 1 is 1.08 bits per heavy atom. The molecule has 0 aliphatic carbocycles. The standard InChI is InChI=1S/C18H17ClN4O/c19-16-8-6-15(7-9-16)18(14-4-2-1-3-5-14)22-17(24)10-11-23-13-20-12-21-23/h1-9,12-13,18H,10-11H2,(H,22,24). The highest BCUT2D eigenvalue weighted by Crippen LogP contribution is 2.23. The van der Waals surface area contributed by atoms with Gasteiger partial charge in [-0.2, -0.15) is 5.10 Å². The van der Waals surface area contributed by atoms with Crippen LogP contribution in [0, 0.1) is 0 Å². The van der Waals surface area contributed by atoms with E-state index in [4.69, 9.17) is 11.6 Å². The van der Waals surface area contributed by atoms with E-state index in [0.717, 1.165) is 11.1 Å². The molecule has 0 aliphatic rings. The molecule has 1 unspecified atom stereocenters. The molecule has 1 atom stereocenters. The fourth-order valence-corrected chi connectivity index (χ4v) is 2.58. The molecule has 0 radical (unpaired) electrons. The zero-order valence-electron chi connectivity index (χ0n) is 13.0. The summed E-state index contributed by atoms with van der Waals surface area (Å²) in [4.78, 5) is 16.2. The number of halogens is 1. The summed E-state index contributed by atoms with van der Waals surface area (Å²) in [5.74, 6) is -0.0469. The molecular weight excluding hydrogens is 324 g/mol. The van der Waals surface area contributed by atoms with Gasteiger partial charge in [0.15, 0.2) is 0 Å². The normalized spacial score (nSPS) is 11.9. The predicted molar refractivity (Wildman–Crippen MR) is 92.5 cm³/mol. The molecule has 1 heterocycles. The number of nitrogens with zero attached hydrogens (tertiary/aromatic N) is 3. The van der Waals surface area contributed by atoms with Crippen molar-refractivity contribution in [3.8, 4) is 0 Å². The van der Waals surface area contributed by atoms with Crippen molar-refractivity contribution in [1.29, 1.82) is 0 Å². The summed E-state index contributed by atoms with van der Waals surface area (Å²) in [5, 5.41) is 7.76. The number of hydrogen-bond donors (Lipinski definition) is 1. The summed E-state index contributed by atoms with van der Waals surface area (Å²) in [6, 6.07) is 17.2. The Bertz CT molecular complexity index is 773. The molecule has 2 aromatic carbocycles. The van der Waals surface area contributed by atoms with E-state index >= 15 is 0 Å². The first-order chi connectivity index (χ1) is 11.7. The Hall–Kier alpha value is -2.66. The van der Waals surface area contributed by atoms with Crippen molar-refractivity contribution < 1.29 is 4.79 Å². The Balaban J connectivity index is 1.74. The lowest BCUT2D eigenvalue weighted by atomic mass is 9.98. The van der Waals surface area contributed by atoms with E-state index in [0.29, 0.717) is 18.0 Å². The third-order valence-corrected chi connectivity index (χ3v) is 3.93. The molecule has 0 saturated carbocycles. The predicted octanol–water partition coefficient (Wildman–Crippen LogP) is 3.23. The molecule has 1 aromatic heterocycles. The molecule has 0 saturated heterocycles. The first-order valence-corrected chi connectivity index (χ1v) is 8.02. The van der Waals surface area contributed by atoms with Gasteiger partial charge in [-0.25, -0.2) is 4.98 Å². The molecule has 1 N–H and O–H groups in total. The maximum Gasteiger partial charge on any atom is 0.222 e. The summed E-state index contributed by atoms with van der Waals surface area (Å²) in [5.41, 5.74) is 2.01. The Labute approximate surface area is 145 Å². The van der Waals surface area contributed by atoms with E-state index in [1.54, 1.807) is 11.0 Å². The Morgan fingerprint density at radius 2 is 1.79 bits per heavy atom. The van der Waals surface area contributed by atoms with E-state index in [1.807, 2.05) is 54.6 Å². The lowest BCUT2D eigenvalue weighted by Gasteiger charge is -2.20. The molecule has 3 rings (SSSR count). The van der Waals surface area contributed by atoms with Crippen LogP contribution in [0.1, 0.15) is 23.6 Å². The van der Waals surface area contributed by atoms with Gasteiger partial charge in [-0.3, -0.25) is 9.48 Å². The summed E-state index contributed by atoms with van der Waals surface area (Å²) in [6.45, 7) is 0.494. The Kier molecular flexibility index (Phi) is 5.23. The zero-order chi connectivity index (χ0) is 16.8. The number of benzene rings is 2. The van der Waals surface area contributed by atoms with Crippen LogP contribution in [-0.2, 0) is 11.3 Å². The minimum atomic E-state index is -0.216. The molecule has 6 heteroatoms. The van der Waals surface area contributed by atoms with Crippen LogP contribution in [0.25, 0.3) is 0 Å². The van der Waals surface area contributed by atoms with Gasteiger partial charge in [0.25, 0.3) is 0 Å². The van der Waals surface area contributed by atoms with Crippen LogP contribution >= 0.6 is 11.6 Å². The monoisotopic (exact) mass is 340 g/mol. The van der Waals surface area contributed by atoms with Crippen LogP contribution in [-0.4, -0.2) is 20.7 Å². The second-order valence-corrected chi connectivity index (χ2v) is 5.81. The van der Waals surface area contributed by atoms with Crippen LogP contribution in [0.2, 0.25) is 5.02 Å². The van der Waals surface area contributed by atoms with Crippen molar-refractivity contribution >= 4 is 17.5 Å². The van der Waals surface area contributed by atoms with Gasteiger partial charge in [0.1, 0.15) is 12.7 Å². The third kappa shape index (κ3) is 4.20. The van der Waals surface area contributed by atoms with Crippen molar-refractivity contribution in [2.24, 2.45) is 0 Å². The molecule has 3 aromatic rings. The van der Waals surface area contributed by atoms with E-state index < -0.39 is 0 Å². The first kappa shape index (κ1) is 16.2. The summed E-state index contributed by atoms with van der Waals surface area (Å²) in [7, 11) is 0. The summed E-state index contributed by atoms with van der Waals surface area (Å²) in [6.07, 6.45) is 3.39. The SMILES string of the molecule is O=C(CCn1cncn1)NC(c1ccccc1)c1ccc(Cl)cc1. The van der Waals surface area contributed by atoms with Gasteiger partial charge in [0, 0.05) is 11.4 Å². The maximum atomic E-state index is 12.4. The van der Waals surface area contributed by atoms with Crippen molar-refractivity contribution in [3.63, 3.8) is 0 Å². The average molecular weight is 341 g/mol. The molecule has 5 nitrogen and oxygen atoms in total. The molecule has 0 aliphatic heterocycles. The van der Waals surface area contributed by atoms with Crippen LogP contribution < -0.4 is 5.32 Å². The number of aryl methyl sites for hydroxylation is 1. The van der Waals surface area contributed by atoms with Crippen molar-refractivity contribution in [2.75, 3.05) is 0 Å². The number of hydrogen-bond acceptors (Lipinski definition) is 3. The lowest BCUT2D eigenvalue weighted by Crippen LogP contribution is -2.30. The van der Waals surface area contributed by atoms with Gasteiger partial charge in [0.2, 0.25) is 5.91 Å². The van der Waals surface area contributed by atoms with Crippen molar-refractivity contribution in [3.05, 3.63) is 83.4 Å². The lowest BCUT2D eigenvalue weighted by molar-refractivity contribution is -0.121. The van der Waals surface area contributed by atoms with Gasteiger partial charge < -0.3 is 5.32 Å². The minimum absolute atomic E-state index is 0.0469. The number of carbonyl (C=O) groups is 1. The molecule has 1 amide bonds. The fourth-order valence-electron chi connectivity index (χ4n) is 2.46. The molecule has 0 bridgehead atoms. The van der Waals surface area contributed by atoms with Crippen molar-refractivity contribution in [2.45, 2.75) is 19.0 Å². The molecule has 0 fully saturated rings. The zero-order valence-corrected chi connectivity index (χ0v) is 13.7. The highest BCUT2D eigenvalue weighted by molar-refractivity contribution is 6.30. The summed E-state index contributed by atoms with van der Waals surface area (Å²) < 4.78 is 1.64. The van der Waals surface area contributed by atoms with Crippen LogP contribution in [0.3, 0.4) is 0 Å². The van der Waals surface area contributed by atoms with Gasteiger partial charge in [-0.05, 0) is 23.3 Å². The highest BCUT2D eigenvalue weighted by atomic mass is 35.5. The molecule has 0 spiro atoms. The van der Waals surface area contributed by atoms with E-state index in [-0.39, 0.29) is 11.9 Å². The molecule has 122 valence electrons. The van der Waals surface area contributed by atoms with Crippen molar-refractivity contribution in [1.82, 2.24) is 20.1 Å². The van der Waals surface area contributed by atoms with Gasteiger partial charge in [-0.15, -0.1) is 0 Å². The van der Waals surface area contributed by atoms with E-state index in [9.17, 15) is 4.79 Å². The fraction of sp³-hybridized carbons (Fsp3) is 0.167. The number of nitrogens with one attached hydrogen (secondary N) is 1. The van der Waals surface area contributed by atoms with Crippen LogP contribution in [0.5, 0.6) is 0 Å². The number of aromatic nitrogens is 3. The topological polar surface area (TPSA) is 59.8 Å². The smallest absolute Gasteiger partial charge is 0.222 e.